The second kappa shape index (κ2) is 10.4. The maximum absolute atomic E-state index is 12.7. The molecule has 0 spiro atoms. The van der Waals surface area contributed by atoms with Crippen molar-refractivity contribution in [3.05, 3.63) is 108 Å². The SMILES string of the molecule is O=[13C](OCc1ccccc1)[13CH]([13CH2]O)N(Cc1ccccc1)Cc1ccccc1. The van der Waals surface area contributed by atoms with Crippen molar-refractivity contribution < 1.29 is 14.6 Å². The van der Waals surface area contributed by atoms with E-state index in [0.717, 1.165) is 16.7 Å². The van der Waals surface area contributed by atoms with E-state index in [-0.39, 0.29) is 13.2 Å². The summed E-state index contributed by atoms with van der Waals surface area (Å²) in [7, 11) is 0. The minimum atomic E-state index is -0.732. The zero-order valence-electron chi connectivity index (χ0n) is 15.8. The van der Waals surface area contributed by atoms with Gasteiger partial charge in [0.1, 0.15) is 12.6 Å². The Balaban J connectivity index is 1.74. The van der Waals surface area contributed by atoms with Crippen LogP contribution in [-0.4, -0.2) is 28.6 Å². The van der Waals surface area contributed by atoms with Crippen LogP contribution in [0.1, 0.15) is 16.7 Å². The van der Waals surface area contributed by atoms with E-state index >= 15 is 0 Å². The number of aliphatic hydroxyl groups excluding tert-OH is 1. The molecule has 0 radical (unpaired) electrons. The third-order valence-corrected chi connectivity index (χ3v) is 4.57. The first kappa shape index (κ1) is 19.8. The van der Waals surface area contributed by atoms with E-state index in [4.69, 9.17) is 4.74 Å². The summed E-state index contributed by atoms with van der Waals surface area (Å²) in [6, 6.07) is 28.7. The van der Waals surface area contributed by atoms with Crippen LogP contribution in [-0.2, 0) is 29.2 Å². The molecule has 0 amide bonds. The number of hydrogen-bond acceptors (Lipinski definition) is 4. The monoisotopic (exact) mass is 378 g/mol. The normalized spacial score (nSPS) is 11.9. The maximum atomic E-state index is 12.7. The number of esters is 1. The van der Waals surface area contributed by atoms with Gasteiger partial charge in [0.2, 0.25) is 0 Å². The lowest BCUT2D eigenvalue weighted by Crippen LogP contribution is -2.44. The summed E-state index contributed by atoms with van der Waals surface area (Å²) < 4.78 is 5.50. The standard InChI is InChI=1S/C24H25NO3/c26-18-23(24(27)28-19-22-14-8-3-9-15-22)25(16-20-10-4-1-5-11-20)17-21-12-6-2-7-13-21/h1-15,23,26H,16-19H2/i18+1,23+1,24+1. The number of carbonyl (C=O) groups is 1. The molecule has 0 aliphatic carbocycles. The van der Waals surface area contributed by atoms with Gasteiger partial charge in [-0.2, -0.15) is 0 Å². The van der Waals surface area contributed by atoms with Crippen LogP contribution < -0.4 is 0 Å². The number of carbonyl (C=O) groups excluding carboxylic acids is 1. The first-order valence-corrected chi connectivity index (χ1v) is 9.39. The molecule has 0 saturated carbocycles. The van der Waals surface area contributed by atoms with E-state index in [2.05, 4.69) is 0 Å². The molecule has 3 aromatic carbocycles. The van der Waals surface area contributed by atoms with Crippen LogP contribution in [0.2, 0.25) is 0 Å². The van der Waals surface area contributed by atoms with Gasteiger partial charge in [-0.25, -0.2) is 0 Å². The van der Waals surface area contributed by atoms with Crippen LogP contribution in [0.4, 0.5) is 0 Å². The van der Waals surface area contributed by atoms with Gasteiger partial charge in [-0.3, -0.25) is 9.69 Å². The zero-order valence-corrected chi connectivity index (χ0v) is 15.8. The molecule has 1 unspecified atom stereocenters. The molecule has 3 rings (SSSR count). The lowest BCUT2D eigenvalue weighted by Gasteiger charge is -2.29. The Labute approximate surface area is 166 Å². The second-order valence-corrected chi connectivity index (χ2v) is 6.67. The number of aliphatic hydroxyl groups is 1. The Bertz CT molecular complexity index is 796. The highest BCUT2D eigenvalue weighted by molar-refractivity contribution is 5.76. The Morgan fingerprint density at radius 2 is 1.18 bits per heavy atom. The minimum absolute atomic E-state index is 0.195. The van der Waals surface area contributed by atoms with Gasteiger partial charge in [-0.1, -0.05) is 91.0 Å². The molecular formula is C24H25NO3. The van der Waals surface area contributed by atoms with Crippen molar-refractivity contribution in [3.63, 3.8) is 0 Å². The van der Waals surface area contributed by atoms with Gasteiger partial charge in [-0.15, -0.1) is 0 Å². The molecule has 0 aliphatic heterocycles. The van der Waals surface area contributed by atoms with Crippen LogP contribution in [0.15, 0.2) is 91.0 Å². The van der Waals surface area contributed by atoms with Crippen molar-refractivity contribution in [2.75, 3.05) is 6.61 Å². The highest BCUT2D eigenvalue weighted by Crippen LogP contribution is 2.15. The molecule has 0 heterocycles. The molecule has 4 nitrogen and oxygen atoms in total. The zero-order chi connectivity index (χ0) is 19.6. The van der Waals surface area contributed by atoms with Gasteiger partial charge in [0, 0.05) is 13.1 Å². The molecule has 3 aromatic rings. The number of rotatable bonds is 9. The number of benzene rings is 3. The molecule has 0 aliphatic rings. The van der Waals surface area contributed by atoms with Gasteiger partial charge in [0.25, 0.3) is 0 Å². The third kappa shape index (κ3) is 5.78. The lowest BCUT2D eigenvalue weighted by atomic mass is 10.2. The predicted octanol–water partition coefficient (Wildman–Crippen LogP) is 3.79. The quantitative estimate of drug-likeness (QED) is 0.455. The van der Waals surface area contributed by atoms with Crippen molar-refractivity contribution in [1.29, 1.82) is 0 Å². The summed E-state index contributed by atoms with van der Waals surface area (Å²) in [6.07, 6.45) is 0. The van der Waals surface area contributed by atoms with E-state index in [9.17, 15) is 9.90 Å². The predicted molar refractivity (Wildman–Crippen MR) is 109 cm³/mol. The van der Waals surface area contributed by atoms with Crippen molar-refractivity contribution in [1.82, 2.24) is 4.90 Å². The van der Waals surface area contributed by atoms with E-state index in [1.165, 1.54) is 0 Å². The van der Waals surface area contributed by atoms with Gasteiger partial charge in [0.05, 0.1) is 6.61 Å². The van der Waals surface area contributed by atoms with Gasteiger partial charge < -0.3 is 9.84 Å². The molecule has 1 atom stereocenters. The van der Waals surface area contributed by atoms with Gasteiger partial charge in [0.15, 0.2) is 0 Å². The van der Waals surface area contributed by atoms with Crippen molar-refractivity contribution in [2.45, 2.75) is 25.7 Å². The average molecular weight is 378 g/mol. The number of nitrogens with zero attached hydrogens (tertiary/aromatic N) is 1. The smallest absolute Gasteiger partial charge is 0.326 e. The second-order valence-electron chi connectivity index (χ2n) is 6.67. The third-order valence-electron chi connectivity index (χ3n) is 4.57. The fourth-order valence-electron chi connectivity index (χ4n) is 3.08. The van der Waals surface area contributed by atoms with Crippen LogP contribution in [0, 0.1) is 0 Å². The largest absolute Gasteiger partial charge is 0.460 e. The van der Waals surface area contributed by atoms with Crippen molar-refractivity contribution in [2.24, 2.45) is 0 Å². The summed E-state index contributed by atoms with van der Waals surface area (Å²) in [6.45, 7) is 0.983. The van der Waals surface area contributed by atoms with Crippen LogP contribution in [0.3, 0.4) is 0 Å². The van der Waals surface area contributed by atoms with Crippen LogP contribution in [0.25, 0.3) is 0 Å². The molecule has 0 saturated heterocycles. The average Bonchev–Trinajstić information content (AvgIpc) is 2.75. The van der Waals surface area contributed by atoms with E-state index in [0.29, 0.717) is 13.1 Å². The fraction of sp³-hybridized carbons (Fsp3) is 0.208. The first-order chi connectivity index (χ1) is 13.8. The van der Waals surface area contributed by atoms with E-state index in [1.54, 1.807) is 0 Å². The Morgan fingerprint density at radius 3 is 1.61 bits per heavy atom. The Morgan fingerprint density at radius 1 is 0.750 bits per heavy atom. The molecule has 0 aromatic heterocycles. The fourth-order valence-corrected chi connectivity index (χ4v) is 3.08. The number of ether oxygens (including phenoxy) is 1. The summed E-state index contributed by atoms with van der Waals surface area (Å²) in [5.74, 6) is -0.418. The molecule has 0 bridgehead atoms. The van der Waals surface area contributed by atoms with E-state index in [1.807, 2.05) is 95.9 Å². The summed E-state index contributed by atoms with van der Waals surface area (Å²) in [5.41, 5.74) is 3.07. The molecule has 0 fully saturated rings. The number of hydrogen-bond donors (Lipinski definition) is 1. The molecule has 4 heteroatoms. The lowest BCUT2D eigenvalue weighted by molar-refractivity contribution is -0.153. The van der Waals surface area contributed by atoms with Crippen molar-refractivity contribution >= 4 is 5.97 Å². The molecule has 28 heavy (non-hydrogen) atoms. The maximum Gasteiger partial charge on any atom is 0.326 e. The van der Waals surface area contributed by atoms with Crippen LogP contribution in [0.5, 0.6) is 0 Å². The molecule has 144 valence electrons. The summed E-state index contributed by atoms with van der Waals surface area (Å²) in [5, 5.41) is 9.98. The van der Waals surface area contributed by atoms with Gasteiger partial charge in [-0.05, 0) is 16.7 Å². The summed E-state index contributed by atoms with van der Waals surface area (Å²) in [4.78, 5) is 14.7. The summed E-state index contributed by atoms with van der Waals surface area (Å²) >= 11 is 0. The van der Waals surface area contributed by atoms with Gasteiger partial charge >= 0.3 is 5.97 Å². The molecular weight excluding hydrogens is 353 g/mol. The highest BCUT2D eigenvalue weighted by atomic mass is 16.6. The van der Waals surface area contributed by atoms with E-state index < -0.39 is 12.0 Å². The first-order valence-electron chi connectivity index (χ1n) is 9.39. The molecule has 1 N–H and O–H groups in total. The Hall–Kier alpha value is -2.95. The van der Waals surface area contributed by atoms with Crippen LogP contribution >= 0.6 is 0 Å². The Kier molecular flexibility index (Phi) is 7.36. The topological polar surface area (TPSA) is 49.8 Å². The highest BCUT2D eigenvalue weighted by Gasteiger charge is 2.27. The van der Waals surface area contributed by atoms with Crippen molar-refractivity contribution in [3.8, 4) is 0 Å². The minimum Gasteiger partial charge on any atom is -0.460 e.